The molecule has 0 bridgehead atoms. The first-order valence-corrected chi connectivity index (χ1v) is 12.0. The number of nitrogens with one attached hydrogen (secondary N) is 1. The molecule has 0 unspecified atom stereocenters. The third-order valence-corrected chi connectivity index (χ3v) is 6.07. The average Bonchev–Trinajstić information content (AvgIpc) is 2.81. The molecule has 4 rings (SSSR count). The van der Waals surface area contributed by atoms with Gasteiger partial charge < -0.3 is 10.1 Å². The molecule has 172 valence electrons. The molecule has 4 aromatic carbocycles. The van der Waals surface area contributed by atoms with Gasteiger partial charge in [0.2, 0.25) is 5.91 Å². The number of hydrogen-bond acceptors (Lipinski definition) is 2. The lowest BCUT2D eigenvalue weighted by Crippen LogP contribution is -2.14. The van der Waals surface area contributed by atoms with E-state index in [-0.39, 0.29) is 18.1 Å². The molecule has 6 heteroatoms. The molecule has 0 saturated heterocycles. The highest BCUT2D eigenvalue weighted by Crippen LogP contribution is 2.36. The van der Waals surface area contributed by atoms with E-state index >= 15 is 0 Å². The number of benzene rings is 4. The zero-order chi connectivity index (χ0) is 23.9. The minimum atomic E-state index is -0.422. The third kappa shape index (κ3) is 6.23. The second-order valence-electron chi connectivity index (χ2n) is 7.64. The first-order chi connectivity index (χ1) is 16.5. The van der Waals surface area contributed by atoms with Crippen molar-refractivity contribution in [2.24, 2.45) is 0 Å². The molecule has 34 heavy (non-hydrogen) atoms. The lowest BCUT2D eigenvalue weighted by atomic mass is 10.0. The highest BCUT2D eigenvalue weighted by molar-refractivity contribution is 7.78. The normalized spacial score (nSPS) is 10.7. The van der Waals surface area contributed by atoms with Crippen LogP contribution in [0.3, 0.4) is 0 Å². The molecule has 1 N–H and O–H groups in total. The topological polar surface area (TPSA) is 38.3 Å². The summed E-state index contributed by atoms with van der Waals surface area (Å²) in [5.74, 6) is 0.855. The highest BCUT2D eigenvalue weighted by Gasteiger charge is 2.12. The van der Waals surface area contributed by atoms with Crippen LogP contribution >= 0.6 is 0 Å². The van der Waals surface area contributed by atoms with Crippen LogP contribution in [-0.2, 0) is 23.0 Å². The van der Waals surface area contributed by atoms with Crippen molar-refractivity contribution in [3.63, 3.8) is 0 Å². The molecule has 1 amide bonds. The van der Waals surface area contributed by atoms with Crippen LogP contribution in [0.1, 0.15) is 12.5 Å². The number of amides is 1. The number of ether oxygens (including phenoxy) is 1. The summed E-state index contributed by atoms with van der Waals surface area (Å²) in [5, 5.41) is 2.90. The van der Waals surface area contributed by atoms with Crippen LogP contribution in [0.25, 0.3) is 11.1 Å². The van der Waals surface area contributed by atoms with Crippen molar-refractivity contribution in [3.8, 4) is 22.6 Å². The second kappa shape index (κ2) is 11.0. The van der Waals surface area contributed by atoms with Crippen molar-refractivity contribution in [1.82, 2.24) is 0 Å². The van der Waals surface area contributed by atoms with Crippen molar-refractivity contribution in [1.29, 1.82) is 0 Å². The SMILES string of the molecule is CC[SH+]c1ccc(CC(=O)Nc2ccc(-c3ccc(F)cc3)c(Oc3cccc(F)c3)c2)cc1. The van der Waals surface area contributed by atoms with Gasteiger partial charge in [-0.25, -0.2) is 8.78 Å². The van der Waals surface area contributed by atoms with Gasteiger partial charge in [-0.2, -0.15) is 0 Å². The minimum absolute atomic E-state index is 0.160. The van der Waals surface area contributed by atoms with Crippen LogP contribution in [0.5, 0.6) is 11.5 Å². The van der Waals surface area contributed by atoms with Gasteiger partial charge in [-0.3, -0.25) is 4.79 Å². The van der Waals surface area contributed by atoms with Crippen molar-refractivity contribution in [3.05, 3.63) is 108 Å². The molecular formula is C28H24F2NO2S+. The predicted molar refractivity (Wildman–Crippen MR) is 135 cm³/mol. The Balaban J connectivity index is 1.56. The average molecular weight is 477 g/mol. The third-order valence-electron chi connectivity index (χ3n) is 5.09. The summed E-state index contributed by atoms with van der Waals surface area (Å²) in [6.07, 6.45) is 0.239. The number of carbonyl (C=O) groups excluding carboxylic acids is 1. The molecular weight excluding hydrogens is 452 g/mol. The Kier molecular flexibility index (Phi) is 7.60. The van der Waals surface area contributed by atoms with E-state index in [9.17, 15) is 13.6 Å². The molecule has 0 aliphatic carbocycles. The van der Waals surface area contributed by atoms with E-state index < -0.39 is 5.82 Å². The van der Waals surface area contributed by atoms with E-state index in [2.05, 4.69) is 12.2 Å². The molecule has 0 fully saturated rings. The molecule has 0 spiro atoms. The first kappa shape index (κ1) is 23.5. The van der Waals surface area contributed by atoms with Gasteiger partial charge in [0, 0.05) is 35.1 Å². The fourth-order valence-corrected chi connectivity index (χ4v) is 4.23. The van der Waals surface area contributed by atoms with Crippen LogP contribution in [0.4, 0.5) is 14.5 Å². The van der Waals surface area contributed by atoms with Crippen LogP contribution in [0.2, 0.25) is 0 Å². The summed E-state index contributed by atoms with van der Waals surface area (Å²) in [6, 6.07) is 25.1. The van der Waals surface area contributed by atoms with E-state index in [1.165, 1.54) is 40.9 Å². The van der Waals surface area contributed by atoms with Gasteiger partial charge in [0.05, 0.1) is 6.42 Å². The molecule has 0 aromatic heterocycles. The van der Waals surface area contributed by atoms with Gasteiger partial charge >= 0.3 is 0 Å². The van der Waals surface area contributed by atoms with Crippen LogP contribution in [-0.4, -0.2) is 11.7 Å². The number of rotatable bonds is 8. The van der Waals surface area contributed by atoms with Gasteiger partial charge in [0.15, 0.2) is 4.90 Å². The van der Waals surface area contributed by atoms with E-state index in [0.717, 1.165) is 16.9 Å². The Bertz CT molecular complexity index is 1270. The lowest BCUT2D eigenvalue weighted by Gasteiger charge is -2.14. The molecule has 0 atom stereocenters. The first-order valence-electron chi connectivity index (χ1n) is 10.9. The summed E-state index contributed by atoms with van der Waals surface area (Å²) in [7, 11) is 0. The Morgan fingerprint density at radius 2 is 1.65 bits per heavy atom. The lowest BCUT2D eigenvalue weighted by molar-refractivity contribution is -0.115. The number of hydrogen-bond donors (Lipinski definition) is 1. The molecule has 3 nitrogen and oxygen atoms in total. The number of thiol groups is 1. The van der Waals surface area contributed by atoms with Gasteiger partial charge in [0.1, 0.15) is 28.9 Å². The summed E-state index contributed by atoms with van der Waals surface area (Å²) in [4.78, 5) is 13.9. The monoisotopic (exact) mass is 476 g/mol. The predicted octanol–water partition coefficient (Wildman–Crippen LogP) is 6.80. The van der Waals surface area contributed by atoms with E-state index in [1.807, 2.05) is 24.3 Å². The summed E-state index contributed by atoms with van der Waals surface area (Å²) < 4.78 is 33.1. The zero-order valence-corrected chi connectivity index (χ0v) is 19.5. The summed E-state index contributed by atoms with van der Waals surface area (Å²) >= 11 is 1.26. The number of halogens is 2. The summed E-state index contributed by atoms with van der Waals surface area (Å²) in [6.45, 7) is 2.12. The standard InChI is InChI=1S/C28H23F2NO2S/c1-2-34-25-13-6-19(7-14-25)16-28(32)31-23-12-15-26(20-8-10-21(29)11-9-20)27(18-23)33-24-5-3-4-22(30)17-24/h3-15,17-18H,2,16H2,1H3,(H,31,32)/p+1. The van der Waals surface area contributed by atoms with Crippen LogP contribution in [0, 0.1) is 11.6 Å². The maximum Gasteiger partial charge on any atom is 0.228 e. The Hall–Kier alpha value is -3.64. The van der Waals surface area contributed by atoms with Gasteiger partial charge in [-0.15, -0.1) is 0 Å². The maximum atomic E-state index is 13.7. The van der Waals surface area contributed by atoms with Gasteiger partial charge in [-0.1, -0.05) is 30.3 Å². The van der Waals surface area contributed by atoms with Crippen molar-refractivity contribution in [2.45, 2.75) is 18.2 Å². The van der Waals surface area contributed by atoms with Crippen LogP contribution < -0.4 is 10.1 Å². The smallest absolute Gasteiger partial charge is 0.228 e. The van der Waals surface area contributed by atoms with Crippen molar-refractivity contribution < 1.29 is 18.3 Å². The summed E-state index contributed by atoms with van der Waals surface area (Å²) in [5.41, 5.74) is 2.89. The molecule has 0 saturated carbocycles. The number of anilines is 1. The molecule has 4 aromatic rings. The fraction of sp³-hybridized carbons (Fsp3) is 0.107. The Morgan fingerprint density at radius 1 is 0.882 bits per heavy atom. The van der Waals surface area contributed by atoms with Crippen molar-refractivity contribution >= 4 is 23.4 Å². The molecule has 0 aliphatic heterocycles. The zero-order valence-electron chi connectivity index (χ0n) is 18.6. The largest absolute Gasteiger partial charge is 0.457 e. The molecule has 0 heterocycles. The van der Waals surface area contributed by atoms with Crippen LogP contribution in [0.15, 0.2) is 95.9 Å². The maximum absolute atomic E-state index is 13.7. The highest BCUT2D eigenvalue weighted by atomic mass is 32.2. The second-order valence-corrected chi connectivity index (χ2v) is 9.11. The number of carbonyl (C=O) groups is 1. The van der Waals surface area contributed by atoms with E-state index in [1.54, 1.807) is 42.5 Å². The fourth-order valence-electron chi connectivity index (χ4n) is 3.50. The Labute approximate surface area is 201 Å². The van der Waals surface area contributed by atoms with Crippen molar-refractivity contribution in [2.75, 3.05) is 11.1 Å². The van der Waals surface area contributed by atoms with Gasteiger partial charge in [-0.05, 0) is 66.6 Å². The molecule has 0 radical (unpaired) electrons. The quantitative estimate of drug-likeness (QED) is 0.224. The van der Waals surface area contributed by atoms with E-state index in [4.69, 9.17) is 4.74 Å². The van der Waals surface area contributed by atoms with Gasteiger partial charge in [0.25, 0.3) is 0 Å². The Morgan fingerprint density at radius 3 is 2.35 bits per heavy atom. The molecule has 0 aliphatic rings. The minimum Gasteiger partial charge on any atom is -0.457 e. The van der Waals surface area contributed by atoms with E-state index in [0.29, 0.717) is 22.7 Å².